The first-order valence-corrected chi connectivity index (χ1v) is 5.09. The molecular formula is C10H17N3O. The van der Waals surface area contributed by atoms with Crippen LogP contribution in [0.4, 0.5) is 5.95 Å². The van der Waals surface area contributed by atoms with Crippen molar-refractivity contribution in [2.45, 2.75) is 32.4 Å². The smallest absolute Gasteiger partial charge is 0.203 e. The quantitative estimate of drug-likeness (QED) is 0.772. The number of ether oxygens (including phenoxy) is 1. The monoisotopic (exact) mass is 195 g/mol. The predicted molar refractivity (Wildman–Crippen MR) is 55.5 cm³/mol. The first-order chi connectivity index (χ1) is 6.79. The fraction of sp³-hybridized carbons (Fsp3) is 0.700. The van der Waals surface area contributed by atoms with Crippen molar-refractivity contribution < 1.29 is 4.74 Å². The Hall–Kier alpha value is -1.03. The molecule has 0 aliphatic heterocycles. The third kappa shape index (κ3) is 2.26. The van der Waals surface area contributed by atoms with Crippen LogP contribution in [0.2, 0.25) is 0 Å². The van der Waals surface area contributed by atoms with Crippen LogP contribution in [0, 0.1) is 6.92 Å². The zero-order chi connectivity index (χ0) is 9.97. The number of anilines is 1. The van der Waals surface area contributed by atoms with Crippen molar-refractivity contribution in [2.75, 3.05) is 19.0 Å². The summed E-state index contributed by atoms with van der Waals surface area (Å²) in [7, 11) is 1.72. The standard InChI is InChI=1S/C10H17N3O/c1-8-7-13(5-6-14-2)10(11-8)12-9-3-4-9/h7,9H,3-6H2,1-2H3,(H,11,12). The molecule has 0 atom stereocenters. The van der Waals surface area contributed by atoms with Crippen molar-refractivity contribution in [2.24, 2.45) is 0 Å². The van der Waals surface area contributed by atoms with E-state index in [1.807, 2.05) is 6.92 Å². The van der Waals surface area contributed by atoms with Gasteiger partial charge in [0.15, 0.2) is 0 Å². The van der Waals surface area contributed by atoms with Crippen molar-refractivity contribution >= 4 is 5.95 Å². The topological polar surface area (TPSA) is 39.1 Å². The summed E-state index contributed by atoms with van der Waals surface area (Å²) in [4.78, 5) is 4.44. The van der Waals surface area contributed by atoms with Gasteiger partial charge in [0, 0.05) is 25.9 Å². The average Bonchev–Trinajstić information content (AvgIpc) is 2.88. The Morgan fingerprint density at radius 2 is 2.43 bits per heavy atom. The Kier molecular flexibility index (Phi) is 2.72. The molecule has 1 N–H and O–H groups in total. The summed E-state index contributed by atoms with van der Waals surface area (Å²) in [5.74, 6) is 0.988. The Labute approximate surface area is 84.3 Å². The molecule has 1 aliphatic carbocycles. The summed E-state index contributed by atoms with van der Waals surface area (Å²) in [5.41, 5.74) is 1.06. The normalized spacial score (nSPS) is 15.9. The number of nitrogens with one attached hydrogen (secondary N) is 1. The average molecular weight is 195 g/mol. The van der Waals surface area contributed by atoms with Crippen molar-refractivity contribution in [3.8, 4) is 0 Å². The second-order valence-corrected chi connectivity index (χ2v) is 3.81. The van der Waals surface area contributed by atoms with Gasteiger partial charge in [-0.3, -0.25) is 0 Å². The molecule has 14 heavy (non-hydrogen) atoms. The van der Waals surface area contributed by atoms with Crippen LogP contribution < -0.4 is 5.32 Å². The van der Waals surface area contributed by atoms with E-state index in [1.165, 1.54) is 12.8 Å². The Morgan fingerprint density at radius 3 is 3.07 bits per heavy atom. The molecule has 2 rings (SSSR count). The number of imidazole rings is 1. The number of aromatic nitrogens is 2. The molecule has 0 unspecified atom stereocenters. The van der Waals surface area contributed by atoms with E-state index in [-0.39, 0.29) is 0 Å². The van der Waals surface area contributed by atoms with Gasteiger partial charge in [0.25, 0.3) is 0 Å². The molecule has 0 saturated heterocycles. The molecule has 0 aromatic carbocycles. The van der Waals surface area contributed by atoms with E-state index in [0.717, 1.165) is 24.8 Å². The summed E-state index contributed by atoms with van der Waals surface area (Å²) in [6, 6.07) is 0.651. The Balaban J connectivity index is 2.02. The molecule has 1 aromatic heterocycles. The fourth-order valence-electron chi connectivity index (χ4n) is 1.43. The zero-order valence-corrected chi connectivity index (χ0v) is 8.79. The van der Waals surface area contributed by atoms with Crippen molar-refractivity contribution in [1.82, 2.24) is 9.55 Å². The third-order valence-corrected chi connectivity index (χ3v) is 2.34. The fourth-order valence-corrected chi connectivity index (χ4v) is 1.43. The minimum absolute atomic E-state index is 0.651. The van der Waals surface area contributed by atoms with Gasteiger partial charge in [-0.1, -0.05) is 0 Å². The SMILES string of the molecule is COCCn1cc(C)nc1NC1CC1. The molecular weight excluding hydrogens is 178 g/mol. The van der Waals surface area contributed by atoms with E-state index in [0.29, 0.717) is 6.04 Å². The number of rotatable bonds is 5. The van der Waals surface area contributed by atoms with Crippen LogP contribution in [-0.2, 0) is 11.3 Å². The third-order valence-electron chi connectivity index (χ3n) is 2.34. The van der Waals surface area contributed by atoms with Crippen LogP contribution >= 0.6 is 0 Å². The summed E-state index contributed by atoms with van der Waals surface area (Å²) in [6.07, 6.45) is 4.61. The van der Waals surface area contributed by atoms with E-state index in [1.54, 1.807) is 7.11 Å². The first kappa shape index (κ1) is 9.52. The maximum Gasteiger partial charge on any atom is 0.203 e. The van der Waals surface area contributed by atoms with Crippen molar-refractivity contribution in [3.05, 3.63) is 11.9 Å². The lowest BCUT2D eigenvalue weighted by molar-refractivity contribution is 0.187. The molecule has 1 heterocycles. The van der Waals surface area contributed by atoms with Gasteiger partial charge >= 0.3 is 0 Å². The molecule has 1 aromatic rings. The van der Waals surface area contributed by atoms with Gasteiger partial charge in [-0.15, -0.1) is 0 Å². The van der Waals surface area contributed by atoms with Crippen molar-refractivity contribution in [1.29, 1.82) is 0 Å². The van der Waals surface area contributed by atoms with Crippen LogP contribution in [0.1, 0.15) is 18.5 Å². The molecule has 1 fully saturated rings. The minimum atomic E-state index is 0.651. The molecule has 4 heteroatoms. The van der Waals surface area contributed by atoms with E-state index >= 15 is 0 Å². The molecule has 0 amide bonds. The highest BCUT2D eigenvalue weighted by atomic mass is 16.5. The van der Waals surface area contributed by atoms with Crippen LogP contribution in [-0.4, -0.2) is 29.3 Å². The lowest BCUT2D eigenvalue weighted by atomic mass is 10.5. The summed E-state index contributed by atoms with van der Waals surface area (Å²) < 4.78 is 7.18. The van der Waals surface area contributed by atoms with Gasteiger partial charge in [-0.25, -0.2) is 4.98 Å². The number of hydrogen-bond acceptors (Lipinski definition) is 3. The molecule has 1 saturated carbocycles. The first-order valence-electron chi connectivity index (χ1n) is 5.09. The van der Waals surface area contributed by atoms with Crippen molar-refractivity contribution in [3.63, 3.8) is 0 Å². The number of methoxy groups -OCH3 is 1. The number of aryl methyl sites for hydroxylation is 1. The second kappa shape index (κ2) is 4.00. The predicted octanol–water partition coefficient (Wildman–Crippen LogP) is 1.41. The van der Waals surface area contributed by atoms with Gasteiger partial charge in [0.2, 0.25) is 5.95 Å². The van der Waals surface area contributed by atoms with Gasteiger partial charge < -0.3 is 14.6 Å². The minimum Gasteiger partial charge on any atom is -0.383 e. The lowest BCUT2D eigenvalue weighted by Gasteiger charge is -2.07. The van der Waals surface area contributed by atoms with Gasteiger partial charge in [-0.05, 0) is 19.8 Å². The largest absolute Gasteiger partial charge is 0.383 e. The summed E-state index contributed by atoms with van der Waals surface area (Å²) in [5, 5.41) is 3.41. The number of hydrogen-bond donors (Lipinski definition) is 1. The second-order valence-electron chi connectivity index (χ2n) is 3.81. The highest BCUT2D eigenvalue weighted by Crippen LogP contribution is 2.24. The highest BCUT2D eigenvalue weighted by molar-refractivity contribution is 5.32. The Morgan fingerprint density at radius 1 is 1.64 bits per heavy atom. The summed E-state index contributed by atoms with van der Waals surface area (Å²) in [6.45, 7) is 3.61. The molecule has 0 bridgehead atoms. The molecule has 0 radical (unpaired) electrons. The molecule has 78 valence electrons. The van der Waals surface area contributed by atoms with E-state index in [4.69, 9.17) is 4.74 Å². The van der Waals surface area contributed by atoms with Gasteiger partial charge in [0.05, 0.1) is 12.3 Å². The van der Waals surface area contributed by atoms with E-state index in [9.17, 15) is 0 Å². The maximum absolute atomic E-state index is 5.05. The van der Waals surface area contributed by atoms with Crippen LogP contribution in [0.15, 0.2) is 6.20 Å². The van der Waals surface area contributed by atoms with Crippen LogP contribution in [0.3, 0.4) is 0 Å². The van der Waals surface area contributed by atoms with Gasteiger partial charge in [0.1, 0.15) is 0 Å². The van der Waals surface area contributed by atoms with E-state index < -0.39 is 0 Å². The lowest BCUT2D eigenvalue weighted by Crippen LogP contribution is -2.11. The van der Waals surface area contributed by atoms with Gasteiger partial charge in [-0.2, -0.15) is 0 Å². The van der Waals surface area contributed by atoms with Crippen LogP contribution in [0.25, 0.3) is 0 Å². The zero-order valence-electron chi connectivity index (χ0n) is 8.79. The number of nitrogens with zero attached hydrogens (tertiary/aromatic N) is 2. The van der Waals surface area contributed by atoms with E-state index in [2.05, 4.69) is 21.1 Å². The Bertz CT molecular complexity index is 304. The highest BCUT2D eigenvalue weighted by Gasteiger charge is 2.22. The molecule has 0 spiro atoms. The summed E-state index contributed by atoms with van der Waals surface area (Å²) >= 11 is 0. The maximum atomic E-state index is 5.05. The van der Waals surface area contributed by atoms with Crippen LogP contribution in [0.5, 0.6) is 0 Å². The molecule has 4 nitrogen and oxygen atoms in total. The molecule has 1 aliphatic rings.